The predicted molar refractivity (Wildman–Crippen MR) is 71.1 cm³/mol. The van der Waals surface area contributed by atoms with Crippen molar-refractivity contribution in [3.05, 3.63) is 58.0 Å². The monoisotopic (exact) mass is 291 g/mol. The summed E-state index contributed by atoms with van der Waals surface area (Å²) in [6.45, 7) is 0. The Morgan fingerprint density at radius 2 is 2.18 bits per heavy atom. The second-order valence-electron chi connectivity index (χ2n) is 4.41. The molecule has 1 aromatic heterocycles. The van der Waals surface area contributed by atoms with Gasteiger partial charge in [-0.05, 0) is 46.6 Å². The molecule has 0 spiro atoms. The summed E-state index contributed by atoms with van der Waals surface area (Å²) in [7, 11) is 1.99. The van der Waals surface area contributed by atoms with Crippen molar-refractivity contribution >= 4 is 15.9 Å². The Kier molecular flexibility index (Phi) is 2.81. The predicted octanol–water partition coefficient (Wildman–Crippen LogP) is 3.64. The average molecular weight is 292 g/mol. The highest BCUT2D eigenvalue weighted by atomic mass is 79.9. The minimum Gasteiger partial charge on any atom is -0.466 e. The first-order chi connectivity index (χ1) is 8.31. The van der Waals surface area contributed by atoms with Crippen LogP contribution in [0.1, 0.15) is 28.8 Å². The molecule has 88 valence electrons. The highest BCUT2D eigenvalue weighted by Gasteiger charge is 2.35. The third-order valence-corrected chi connectivity index (χ3v) is 4.19. The SMILES string of the molecule is CNC(c1occc1Br)C1Cc2ccccc21. The number of nitrogens with one attached hydrogen (secondary N) is 1. The van der Waals surface area contributed by atoms with Crippen molar-refractivity contribution in [2.24, 2.45) is 0 Å². The molecule has 2 nitrogen and oxygen atoms in total. The zero-order valence-corrected chi connectivity index (χ0v) is 11.2. The molecule has 1 aromatic carbocycles. The van der Waals surface area contributed by atoms with Gasteiger partial charge in [-0.1, -0.05) is 24.3 Å². The van der Waals surface area contributed by atoms with Gasteiger partial charge in [0.25, 0.3) is 0 Å². The van der Waals surface area contributed by atoms with Crippen LogP contribution in [0, 0.1) is 0 Å². The van der Waals surface area contributed by atoms with E-state index in [1.165, 1.54) is 11.1 Å². The third kappa shape index (κ3) is 1.74. The molecule has 1 aliphatic rings. The fourth-order valence-electron chi connectivity index (χ4n) is 2.64. The molecule has 17 heavy (non-hydrogen) atoms. The van der Waals surface area contributed by atoms with Gasteiger partial charge in [0.05, 0.1) is 16.8 Å². The van der Waals surface area contributed by atoms with E-state index < -0.39 is 0 Å². The third-order valence-electron chi connectivity index (χ3n) is 3.54. The van der Waals surface area contributed by atoms with Crippen LogP contribution < -0.4 is 5.32 Å². The van der Waals surface area contributed by atoms with E-state index in [0.717, 1.165) is 16.7 Å². The van der Waals surface area contributed by atoms with Crippen molar-refractivity contribution in [3.63, 3.8) is 0 Å². The molecule has 2 atom stereocenters. The summed E-state index contributed by atoms with van der Waals surface area (Å²) in [5, 5.41) is 3.36. The zero-order chi connectivity index (χ0) is 11.8. The fourth-order valence-corrected chi connectivity index (χ4v) is 3.09. The van der Waals surface area contributed by atoms with Crippen LogP contribution in [0.15, 0.2) is 45.5 Å². The molecule has 0 aliphatic heterocycles. The molecule has 1 heterocycles. The largest absolute Gasteiger partial charge is 0.466 e. The summed E-state index contributed by atoms with van der Waals surface area (Å²) in [6, 6.07) is 10.8. The van der Waals surface area contributed by atoms with E-state index in [9.17, 15) is 0 Å². The number of hydrogen-bond acceptors (Lipinski definition) is 2. The number of fused-ring (bicyclic) bond motifs is 1. The molecule has 1 N–H and O–H groups in total. The number of likely N-dealkylation sites (N-methyl/N-ethyl adjacent to an activating group) is 1. The van der Waals surface area contributed by atoms with Gasteiger partial charge in [0.2, 0.25) is 0 Å². The van der Waals surface area contributed by atoms with Gasteiger partial charge in [0, 0.05) is 5.92 Å². The number of rotatable bonds is 3. The average Bonchev–Trinajstić information content (AvgIpc) is 2.72. The van der Waals surface area contributed by atoms with Crippen molar-refractivity contribution in [2.45, 2.75) is 18.4 Å². The topological polar surface area (TPSA) is 25.2 Å². The Bertz CT molecular complexity index is 535. The van der Waals surface area contributed by atoms with Crippen molar-refractivity contribution in [3.8, 4) is 0 Å². The van der Waals surface area contributed by atoms with Crippen LogP contribution in [-0.2, 0) is 6.42 Å². The zero-order valence-electron chi connectivity index (χ0n) is 9.61. The molecule has 0 radical (unpaired) electrons. The molecule has 3 heteroatoms. The Morgan fingerprint density at radius 3 is 2.82 bits per heavy atom. The van der Waals surface area contributed by atoms with Crippen LogP contribution in [0.25, 0.3) is 0 Å². The maximum absolute atomic E-state index is 5.58. The molecule has 0 amide bonds. The lowest BCUT2D eigenvalue weighted by atomic mass is 9.73. The quantitative estimate of drug-likeness (QED) is 0.934. The van der Waals surface area contributed by atoms with E-state index in [4.69, 9.17) is 4.42 Å². The summed E-state index contributed by atoms with van der Waals surface area (Å²) in [4.78, 5) is 0. The van der Waals surface area contributed by atoms with Gasteiger partial charge < -0.3 is 9.73 Å². The van der Waals surface area contributed by atoms with E-state index in [1.54, 1.807) is 6.26 Å². The van der Waals surface area contributed by atoms with Crippen molar-refractivity contribution in [1.82, 2.24) is 5.32 Å². The van der Waals surface area contributed by atoms with Crippen LogP contribution >= 0.6 is 15.9 Å². The number of halogens is 1. The van der Waals surface area contributed by atoms with Gasteiger partial charge >= 0.3 is 0 Å². The lowest BCUT2D eigenvalue weighted by Gasteiger charge is -2.35. The van der Waals surface area contributed by atoms with E-state index in [0.29, 0.717) is 5.92 Å². The number of furan rings is 1. The molecule has 0 fully saturated rings. The number of hydrogen-bond donors (Lipinski definition) is 1. The maximum Gasteiger partial charge on any atom is 0.135 e. The molecule has 1 aliphatic carbocycles. The van der Waals surface area contributed by atoms with E-state index in [1.807, 2.05) is 13.1 Å². The highest BCUT2D eigenvalue weighted by Crippen LogP contribution is 2.44. The first-order valence-corrected chi connectivity index (χ1v) is 6.58. The lowest BCUT2D eigenvalue weighted by molar-refractivity contribution is 0.360. The minimum atomic E-state index is 0.245. The molecular weight excluding hydrogens is 278 g/mol. The molecule has 0 saturated carbocycles. The van der Waals surface area contributed by atoms with Crippen LogP contribution in [-0.4, -0.2) is 7.05 Å². The van der Waals surface area contributed by atoms with Gasteiger partial charge in [0.15, 0.2) is 0 Å². The van der Waals surface area contributed by atoms with Crippen LogP contribution in [0.3, 0.4) is 0 Å². The van der Waals surface area contributed by atoms with Crippen molar-refractivity contribution < 1.29 is 4.42 Å². The van der Waals surface area contributed by atoms with Crippen LogP contribution in [0.2, 0.25) is 0 Å². The Labute approximate surface area is 109 Å². The summed E-state index contributed by atoms with van der Waals surface area (Å²) < 4.78 is 6.62. The standard InChI is InChI=1S/C14H14BrNO/c1-16-13(14-12(15)6-7-17-14)11-8-9-4-2-3-5-10(9)11/h2-7,11,13,16H,8H2,1H3. The summed E-state index contributed by atoms with van der Waals surface area (Å²) in [5.74, 6) is 1.51. The van der Waals surface area contributed by atoms with Gasteiger partial charge in [-0.3, -0.25) is 0 Å². The molecule has 2 aromatic rings. The lowest BCUT2D eigenvalue weighted by Crippen LogP contribution is -2.31. The van der Waals surface area contributed by atoms with Crippen LogP contribution in [0.5, 0.6) is 0 Å². The van der Waals surface area contributed by atoms with Gasteiger partial charge in [-0.2, -0.15) is 0 Å². The van der Waals surface area contributed by atoms with Crippen molar-refractivity contribution in [2.75, 3.05) is 7.05 Å². The Morgan fingerprint density at radius 1 is 1.35 bits per heavy atom. The van der Waals surface area contributed by atoms with E-state index >= 15 is 0 Å². The first kappa shape index (κ1) is 11.1. The maximum atomic E-state index is 5.58. The van der Waals surface area contributed by atoms with Crippen molar-refractivity contribution in [1.29, 1.82) is 0 Å². The summed E-state index contributed by atoms with van der Waals surface area (Å²) in [5.41, 5.74) is 2.90. The highest BCUT2D eigenvalue weighted by molar-refractivity contribution is 9.10. The minimum absolute atomic E-state index is 0.245. The fraction of sp³-hybridized carbons (Fsp3) is 0.286. The second-order valence-corrected chi connectivity index (χ2v) is 5.26. The molecule has 0 saturated heterocycles. The van der Waals surface area contributed by atoms with E-state index in [2.05, 4.69) is 45.5 Å². The molecular formula is C14H14BrNO. The van der Waals surface area contributed by atoms with Gasteiger partial charge in [0.1, 0.15) is 5.76 Å². The van der Waals surface area contributed by atoms with E-state index in [-0.39, 0.29) is 6.04 Å². The van der Waals surface area contributed by atoms with Gasteiger partial charge in [-0.15, -0.1) is 0 Å². The van der Waals surface area contributed by atoms with Gasteiger partial charge in [-0.25, -0.2) is 0 Å². The summed E-state index contributed by atoms with van der Waals surface area (Å²) in [6.07, 6.45) is 2.85. The Hall–Kier alpha value is -1.06. The summed E-state index contributed by atoms with van der Waals surface area (Å²) >= 11 is 3.54. The molecule has 3 rings (SSSR count). The van der Waals surface area contributed by atoms with Crippen LogP contribution in [0.4, 0.5) is 0 Å². The first-order valence-electron chi connectivity index (χ1n) is 5.79. The number of benzene rings is 1. The molecule has 2 unspecified atom stereocenters. The molecule has 0 bridgehead atoms. The second kappa shape index (κ2) is 4.31. The Balaban J connectivity index is 1.93. The normalized spacial score (nSPS) is 19.5. The smallest absolute Gasteiger partial charge is 0.135 e.